The highest BCUT2D eigenvalue weighted by molar-refractivity contribution is 5.82. The van der Waals surface area contributed by atoms with E-state index in [4.69, 9.17) is 19.3 Å². The van der Waals surface area contributed by atoms with E-state index in [-0.39, 0.29) is 24.9 Å². The molecule has 1 aliphatic rings. The number of ketones is 1. The van der Waals surface area contributed by atoms with Crippen LogP contribution in [0, 0.1) is 5.92 Å². The van der Waals surface area contributed by atoms with Crippen molar-refractivity contribution >= 4 is 5.78 Å². The van der Waals surface area contributed by atoms with Gasteiger partial charge in [0.2, 0.25) is 0 Å². The van der Waals surface area contributed by atoms with Crippen LogP contribution in [0.5, 0.6) is 11.5 Å². The molecule has 0 aromatic heterocycles. The summed E-state index contributed by atoms with van der Waals surface area (Å²) < 4.78 is 15.8. The van der Waals surface area contributed by atoms with Crippen molar-refractivity contribution in [2.45, 2.75) is 13.0 Å². The van der Waals surface area contributed by atoms with Crippen molar-refractivity contribution in [3.63, 3.8) is 0 Å². The van der Waals surface area contributed by atoms with Crippen LogP contribution < -0.4 is 9.47 Å². The number of Topliss-reactive ketones (excluding diaryl/α,β-unsaturated/α-hetero) is 1. The number of carbonyl (C=O) groups excluding carboxylic acids is 1. The molecule has 0 spiro atoms. The van der Waals surface area contributed by atoms with Gasteiger partial charge in [-0.05, 0) is 24.1 Å². The lowest BCUT2D eigenvalue weighted by Gasteiger charge is -2.12. The zero-order valence-corrected chi connectivity index (χ0v) is 10.9. The third kappa shape index (κ3) is 3.45. The Balaban J connectivity index is 1.96. The molecule has 1 unspecified atom stereocenters. The van der Waals surface area contributed by atoms with Gasteiger partial charge in [0.25, 0.3) is 0 Å². The van der Waals surface area contributed by atoms with Crippen LogP contribution in [0.15, 0.2) is 18.2 Å². The SMILES string of the molecule is COc1cc(CO)ccc1OCC(=O)C1CCOC1. The maximum Gasteiger partial charge on any atom is 0.175 e. The van der Waals surface area contributed by atoms with E-state index in [0.29, 0.717) is 24.7 Å². The van der Waals surface area contributed by atoms with Gasteiger partial charge in [0, 0.05) is 12.5 Å². The number of hydrogen-bond donors (Lipinski definition) is 1. The van der Waals surface area contributed by atoms with Crippen molar-refractivity contribution in [1.29, 1.82) is 0 Å². The molecule has 5 heteroatoms. The van der Waals surface area contributed by atoms with E-state index in [1.54, 1.807) is 18.2 Å². The summed E-state index contributed by atoms with van der Waals surface area (Å²) in [5.74, 6) is 1.02. The number of methoxy groups -OCH3 is 1. The first-order valence-electron chi connectivity index (χ1n) is 6.25. The second-order valence-electron chi connectivity index (χ2n) is 4.46. The molecule has 1 atom stereocenters. The molecule has 0 aliphatic carbocycles. The Morgan fingerprint density at radius 2 is 2.32 bits per heavy atom. The summed E-state index contributed by atoms with van der Waals surface area (Å²) in [5, 5.41) is 9.05. The topological polar surface area (TPSA) is 65.0 Å². The highest BCUT2D eigenvalue weighted by Crippen LogP contribution is 2.28. The summed E-state index contributed by atoms with van der Waals surface area (Å²) in [6.07, 6.45) is 0.767. The third-order valence-corrected chi connectivity index (χ3v) is 3.17. The van der Waals surface area contributed by atoms with Gasteiger partial charge in [0.15, 0.2) is 17.3 Å². The minimum absolute atomic E-state index is 0.0167. The maximum absolute atomic E-state index is 11.9. The van der Waals surface area contributed by atoms with Gasteiger partial charge < -0.3 is 19.3 Å². The lowest BCUT2D eigenvalue weighted by molar-refractivity contribution is -0.124. The van der Waals surface area contributed by atoms with Crippen molar-refractivity contribution in [3.05, 3.63) is 23.8 Å². The van der Waals surface area contributed by atoms with Crippen molar-refractivity contribution in [2.24, 2.45) is 5.92 Å². The van der Waals surface area contributed by atoms with Gasteiger partial charge in [0.1, 0.15) is 6.61 Å². The number of carbonyl (C=O) groups is 1. The zero-order valence-electron chi connectivity index (χ0n) is 10.9. The molecule has 0 radical (unpaired) electrons. The van der Waals surface area contributed by atoms with Crippen molar-refractivity contribution in [3.8, 4) is 11.5 Å². The Labute approximate surface area is 112 Å². The van der Waals surface area contributed by atoms with Gasteiger partial charge in [-0.15, -0.1) is 0 Å². The van der Waals surface area contributed by atoms with Crippen LogP contribution in [0.2, 0.25) is 0 Å². The molecule has 1 aliphatic heterocycles. The monoisotopic (exact) mass is 266 g/mol. The van der Waals surface area contributed by atoms with Crippen LogP contribution >= 0.6 is 0 Å². The van der Waals surface area contributed by atoms with E-state index in [1.165, 1.54) is 7.11 Å². The molecule has 1 aromatic carbocycles. The number of rotatable bonds is 6. The largest absolute Gasteiger partial charge is 0.493 e. The first kappa shape index (κ1) is 13.8. The molecule has 0 bridgehead atoms. The van der Waals surface area contributed by atoms with Gasteiger partial charge in [0.05, 0.1) is 20.3 Å². The molecular weight excluding hydrogens is 248 g/mol. The van der Waals surface area contributed by atoms with Crippen LogP contribution in [0.3, 0.4) is 0 Å². The van der Waals surface area contributed by atoms with Crippen LogP contribution in [0.25, 0.3) is 0 Å². The Hall–Kier alpha value is -1.59. The summed E-state index contributed by atoms with van der Waals surface area (Å²) in [4.78, 5) is 11.9. The van der Waals surface area contributed by atoms with E-state index < -0.39 is 0 Å². The number of aliphatic hydroxyl groups excluding tert-OH is 1. The first-order chi connectivity index (χ1) is 9.24. The number of ether oxygens (including phenoxy) is 3. The van der Waals surface area contributed by atoms with Crippen LogP contribution in [-0.2, 0) is 16.1 Å². The Kier molecular flexibility index (Phi) is 4.76. The molecule has 1 heterocycles. The fourth-order valence-electron chi connectivity index (χ4n) is 1.98. The number of benzene rings is 1. The van der Waals surface area contributed by atoms with E-state index in [1.807, 2.05) is 0 Å². The average Bonchev–Trinajstić information content (AvgIpc) is 2.98. The quantitative estimate of drug-likeness (QED) is 0.837. The molecule has 104 valence electrons. The summed E-state index contributed by atoms with van der Waals surface area (Å²) in [6.45, 7) is 1.09. The van der Waals surface area contributed by atoms with Gasteiger partial charge in [-0.2, -0.15) is 0 Å². The molecule has 0 saturated carbocycles. The molecule has 0 amide bonds. The first-order valence-corrected chi connectivity index (χ1v) is 6.25. The fraction of sp³-hybridized carbons (Fsp3) is 0.500. The van der Waals surface area contributed by atoms with E-state index in [9.17, 15) is 4.79 Å². The minimum Gasteiger partial charge on any atom is -0.493 e. The molecule has 1 aromatic rings. The predicted octanol–water partition coefficient (Wildman–Crippen LogP) is 1.17. The van der Waals surface area contributed by atoms with Gasteiger partial charge in [-0.1, -0.05) is 6.07 Å². The normalized spacial score (nSPS) is 18.3. The van der Waals surface area contributed by atoms with Crippen LogP contribution in [0.4, 0.5) is 0 Å². The Morgan fingerprint density at radius 1 is 1.47 bits per heavy atom. The van der Waals surface area contributed by atoms with Crippen molar-refractivity contribution in [2.75, 3.05) is 26.9 Å². The smallest absolute Gasteiger partial charge is 0.175 e. The minimum atomic E-state index is -0.0605. The van der Waals surface area contributed by atoms with E-state index in [2.05, 4.69) is 0 Å². The van der Waals surface area contributed by atoms with Crippen LogP contribution in [-0.4, -0.2) is 37.8 Å². The molecule has 1 fully saturated rings. The van der Waals surface area contributed by atoms with Gasteiger partial charge >= 0.3 is 0 Å². The van der Waals surface area contributed by atoms with E-state index >= 15 is 0 Å². The summed E-state index contributed by atoms with van der Waals surface area (Å²) in [6, 6.07) is 5.13. The van der Waals surface area contributed by atoms with Gasteiger partial charge in [-0.3, -0.25) is 4.79 Å². The molecule has 1 N–H and O–H groups in total. The lowest BCUT2D eigenvalue weighted by Crippen LogP contribution is -2.21. The predicted molar refractivity (Wildman–Crippen MR) is 68.3 cm³/mol. The Morgan fingerprint density at radius 3 is 2.95 bits per heavy atom. The van der Waals surface area contributed by atoms with Crippen molar-refractivity contribution < 1.29 is 24.1 Å². The number of hydrogen-bond acceptors (Lipinski definition) is 5. The fourth-order valence-corrected chi connectivity index (χ4v) is 1.98. The average molecular weight is 266 g/mol. The summed E-state index contributed by atoms with van der Waals surface area (Å²) >= 11 is 0. The second-order valence-corrected chi connectivity index (χ2v) is 4.46. The van der Waals surface area contributed by atoms with Gasteiger partial charge in [-0.25, -0.2) is 0 Å². The molecular formula is C14H18O5. The second kappa shape index (κ2) is 6.54. The highest BCUT2D eigenvalue weighted by Gasteiger charge is 2.24. The summed E-state index contributed by atoms with van der Waals surface area (Å²) in [7, 11) is 1.52. The summed E-state index contributed by atoms with van der Waals surface area (Å²) in [5.41, 5.74) is 0.736. The molecule has 2 rings (SSSR count). The lowest BCUT2D eigenvalue weighted by atomic mass is 10.0. The Bertz CT molecular complexity index is 437. The molecule has 1 saturated heterocycles. The van der Waals surface area contributed by atoms with Crippen molar-refractivity contribution in [1.82, 2.24) is 0 Å². The molecule has 19 heavy (non-hydrogen) atoms. The standard InChI is InChI=1S/C14H18O5/c1-17-14-6-10(7-15)2-3-13(14)19-9-12(16)11-4-5-18-8-11/h2-3,6,11,15H,4-5,7-9H2,1H3. The third-order valence-electron chi connectivity index (χ3n) is 3.17. The maximum atomic E-state index is 11.9. The molecule has 5 nitrogen and oxygen atoms in total. The van der Waals surface area contributed by atoms with Crippen LogP contribution in [0.1, 0.15) is 12.0 Å². The van der Waals surface area contributed by atoms with E-state index in [0.717, 1.165) is 12.0 Å². The zero-order chi connectivity index (χ0) is 13.7. The highest BCUT2D eigenvalue weighted by atomic mass is 16.5. The number of aliphatic hydroxyl groups is 1.